The fraction of sp³-hybridized carbons (Fsp3) is 0.600. The molecule has 0 N–H and O–H groups in total. The Morgan fingerprint density at radius 2 is 1.93 bits per heavy atom. The maximum Gasteiger partial charge on any atom is 0.324 e. The van der Waals surface area contributed by atoms with Crippen LogP contribution in [0.5, 0.6) is 0 Å². The number of esters is 2. The minimum atomic E-state index is -0.986. The average Bonchev–Trinajstić information content (AvgIpc) is 2.30. The van der Waals surface area contributed by atoms with Gasteiger partial charge in [0.15, 0.2) is 5.92 Å². The molecule has 0 atom stereocenters. The first kappa shape index (κ1) is 11.6. The van der Waals surface area contributed by atoms with E-state index in [0.29, 0.717) is 18.6 Å². The van der Waals surface area contributed by atoms with Crippen molar-refractivity contribution in [2.45, 2.75) is 12.8 Å². The van der Waals surface area contributed by atoms with Gasteiger partial charge in [0.25, 0.3) is 0 Å². The molecule has 0 saturated carbocycles. The third kappa shape index (κ3) is 2.71. The molecule has 84 valence electrons. The SMILES string of the molecule is COC(=O)C(C(=O)OC)C1=COCCC1. The first-order valence-corrected chi connectivity index (χ1v) is 4.67. The van der Waals surface area contributed by atoms with Gasteiger partial charge >= 0.3 is 11.9 Å². The van der Waals surface area contributed by atoms with E-state index >= 15 is 0 Å². The lowest BCUT2D eigenvalue weighted by atomic mass is 9.95. The zero-order chi connectivity index (χ0) is 11.3. The maximum absolute atomic E-state index is 11.4. The molecule has 0 amide bonds. The normalized spacial score (nSPS) is 15.3. The summed E-state index contributed by atoms with van der Waals surface area (Å²) in [5, 5.41) is 0. The average molecular weight is 214 g/mol. The van der Waals surface area contributed by atoms with Crippen LogP contribution in [0.15, 0.2) is 11.8 Å². The molecular weight excluding hydrogens is 200 g/mol. The second-order valence-corrected chi connectivity index (χ2v) is 3.15. The molecule has 0 aliphatic carbocycles. The predicted molar refractivity (Wildman–Crippen MR) is 50.8 cm³/mol. The summed E-state index contributed by atoms with van der Waals surface area (Å²) >= 11 is 0. The van der Waals surface area contributed by atoms with E-state index in [-0.39, 0.29) is 0 Å². The highest BCUT2D eigenvalue weighted by molar-refractivity contribution is 5.98. The molecule has 0 bridgehead atoms. The molecular formula is C10H14O5. The fourth-order valence-electron chi connectivity index (χ4n) is 1.43. The van der Waals surface area contributed by atoms with Crippen molar-refractivity contribution in [2.75, 3.05) is 20.8 Å². The Balaban J connectivity index is 2.84. The number of carbonyl (C=O) groups excluding carboxylic acids is 2. The predicted octanol–water partition coefficient (Wildman–Crippen LogP) is 0.643. The summed E-state index contributed by atoms with van der Waals surface area (Å²) in [5.41, 5.74) is 0.611. The summed E-state index contributed by atoms with van der Waals surface area (Å²) in [6.45, 7) is 0.610. The van der Waals surface area contributed by atoms with Gasteiger partial charge in [-0.15, -0.1) is 0 Å². The molecule has 0 saturated heterocycles. The highest BCUT2D eigenvalue weighted by Crippen LogP contribution is 2.23. The Hall–Kier alpha value is -1.52. The molecule has 0 spiro atoms. The van der Waals surface area contributed by atoms with Crippen molar-refractivity contribution in [1.29, 1.82) is 0 Å². The Morgan fingerprint density at radius 3 is 2.33 bits per heavy atom. The van der Waals surface area contributed by atoms with E-state index in [2.05, 4.69) is 9.47 Å². The zero-order valence-corrected chi connectivity index (χ0v) is 8.82. The molecule has 0 radical (unpaired) electrons. The van der Waals surface area contributed by atoms with E-state index in [1.165, 1.54) is 20.5 Å². The fourth-order valence-corrected chi connectivity index (χ4v) is 1.43. The smallest absolute Gasteiger partial charge is 0.324 e. The van der Waals surface area contributed by atoms with E-state index < -0.39 is 17.9 Å². The molecule has 5 heteroatoms. The number of hydrogen-bond donors (Lipinski definition) is 0. The van der Waals surface area contributed by atoms with Crippen molar-refractivity contribution in [2.24, 2.45) is 5.92 Å². The second kappa shape index (κ2) is 5.38. The van der Waals surface area contributed by atoms with Crippen molar-refractivity contribution in [3.05, 3.63) is 11.8 Å². The lowest BCUT2D eigenvalue weighted by molar-refractivity contribution is -0.157. The quantitative estimate of drug-likeness (QED) is 0.509. The monoisotopic (exact) mass is 214 g/mol. The number of rotatable bonds is 3. The van der Waals surface area contributed by atoms with Gasteiger partial charge < -0.3 is 14.2 Å². The van der Waals surface area contributed by atoms with Gasteiger partial charge in [0.2, 0.25) is 0 Å². The van der Waals surface area contributed by atoms with Crippen LogP contribution in [0.25, 0.3) is 0 Å². The van der Waals surface area contributed by atoms with Gasteiger partial charge in [0.05, 0.1) is 27.1 Å². The third-order valence-corrected chi connectivity index (χ3v) is 2.21. The van der Waals surface area contributed by atoms with E-state index in [4.69, 9.17) is 4.74 Å². The number of ether oxygens (including phenoxy) is 3. The molecule has 0 aromatic heterocycles. The van der Waals surface area contributed by atoms with Crippen molar-refractivity contribution >= 4 is 11.9 Å². The molecule has 5 nitrogen and oxygen atoms in total. The van der Waals surface area contributed by atoms with Gasteiger partial charge in [-0.1, -0.05) is 0 Å². The highest BCUT2D eigenvalue weighted by Gasteiger charge is 2.33. The van der Waals surface area contributed by atoms with Crippen LogP contribution in [-0.4, -0.2) is 32.8 Å². The minimum Gasteiger partial charge on any atom is -0.501 e. The van der Waals surface area contributed by atoms with Gasteiger partial charge in [0, 0.05) is 0 Å². The molecule has 15 heavy (non-hydrogen) atoms. The lowest BCUT2D eigenvalue weighted by Crippen LogP contribution is -2.29. The topological polar surface area (TPSA) is 61.8 Å². The van der Waals surface area contributed by atoms with Crippen LogP contribution >= 0.6 is 0 Å². The largest absolute Gasteiger partial charge is 0.501 e. The van der Waals surface area contributed by atoms with Gasteiger partial charge in [-0.05, 0) is 18.4 Å². The van der Waals surface area contributed by atoms with Crippen molar-refractivity contribution in [3.63, 3.8) is 0 Å². The Bertz CT molecular complexity index is 266. The van der Waals surface area contributed by atoms with Crippen molar-refractivity contribution < 1.29 is 23.8 Å². The van der Waals surface area contributed by atoms with Crippen LogP contribution in [0.3, 0.4) is 0 Å². The molecule has 1 heterocycles. The van der Waals surface area contributed by atoms with Gasteiger partial charge in [0.1, 0.15) is 0 Å². The lowest BCUT2D eigenvalue weighted by Gasteiger charge is -2.19. The van der Waals surface area contributed by atoms with Crippen LogP contribution in [-0.2, 0) is 23.8 Å². The number of carbonyl (C=O) groups is 2. The first-order chi connectivity index (χ1) is 7.20. The van der Waals surface area contributed by atoms with Crippen LogP contribution in [0.2, 0.25) is 0 Å². The summed E-state index contributed by atoms with van der Waals surface area (Å²) in [4.78, 5) is 22.8. The van der Waals surface area contributed by atoms with Crippen molar-refractivity contribution in [3.8, 4) is 0 Å². The van der Waals surface area contributed by atoms with Gasteiger partial charge in [-0.3, -0.25) is 9.59 Å². The molecule has 1 aliphatic heterocycles. The molecule has 0 aromatic rings. The van der Waals surface area contributed by atoms with E-state index in [1.807, 2.05) is 0 Å². The Kier molecular flexibility index (Phi) is 4.15. The van der Waals surface area contributed by atoms with Crippen LogP contribution < -0.4 is 0 Å². The van der Waals surface area contributed by atoms with Crippen LogP contribution in [0, 0.1) is 5.92 Å². The maximum atomic E-state index is 11.4. The number of methoxy groups -OCH3 is 2. The summed E-state index contributed by atoms with van der Waals surface area (Å²) in [5.74, 6) is -2.21. The van der Waals surface area contributed by atoms with E-state index in [1.54, 1.807) is 0 Å². The van der Waals surface area contributed by atoms with Crippen LogP contribution in [0.4, 0.5) is 0 Å². The molecule has 1 rings (SSSR count). The molecule has 0 fully saturated rings. The standard InChI is InChI=1S/C10H14O5/c1-13-9(11)8(10(12)14-2)7-4-3-5-15-6-7/h6,8H,3-5H2,1-2H3. The zero-order valence-electron chi connectivity index (χ0n) is 8.82. The summed E-state index contributed by atoms with van der Waals surface area (Å²) in [7, 11) is 2.48. The second-order valence-electron chi connectivity index (χ2n) is 3.15. The summed E-state index contributed by atoms with van der Waals surface area (Å²) in [6, 6.07) is 0. The van der Waals surface area contributed by atoms with E-state index in [9.17, 15) is 9.59 Å². The third-order valence-electron chi connectivity index (χ3n) is 2.21. The van der Waals surface area contributed by atoms with Crippen molar-refractivity contribution in [1.82, 2.24) is 0 Å². The molecule has 0 unspecified atom stereocenters. The van der Waals surface area contributed by atoms with Crippen LogP contribution in [0.1, 0.15) is 12.8 Å². The summed E-state index contributed by atoms with van der Waals surface area (Å²) < 4.78 is 14.2. The Morgan fingerprint density at radius 1 is 1.33 bits per heavy atom. The van der Waals surface area contributed by atoms with Gasteiger partial charge in [-0.25, -0.2) is 0 Å². The Labute approximate surface area is 88.0 Å². The van der Waals surface area contributed by atoms with Gasteiger partial charge in [-0.2, -0.15) is 0 Å². The first-order valence-electron chi connectivity index (χ1n) is 4.67. The minimum absolute atomic E-state index is 0.610. The number of hydrogen-bond acceptors (Lipinski definition) is 5. The highest BCUT2D eigenvalue weighted by atomic mass is 16.5. The molecule has 0 aromatic carbocycles. The summed E-state index contributed by atoms with van der Waals surface area (Å²) in [6.07, 6.45) is 2.88. The molecule has 1 aliphatic rings. The van der Waals surface area contributed by atoms with E-state index in [0.717, 1.165) is 6.42 Å².